The zero-order valence-electron chi connectivity index (χ0n) is 10.5. The van der Waals surface area contributed by atoms with Crippen LogP contribution in [-0.2, 0) is 4.79 Å². The molecule has 1 aromatic heterocycles. The molecule has 2 rings (SSSR count). The van der Waals surface area contributed by atoms with Crippen LogP contribution in [0.4, 0.5) is 10.5 Å². The van der Waals surface area contributed by atoms with Crippen molar-refractivity contribution in [1.29, 1.82) is 0 Å². The average molecular weight is 280 g/mol. The number of amides is 2. The van der Waals surface area contributed by atoms with Gasteiger partial charge in [-0.2, -0.15) is 0 Å². The van der Waals surface area contributed by atoms with Crippen molar-refractivity contribution < 1.29 is 24.4 Å². The van der Waals surface area contributed by atoms with E-state index in [2.05, 4.69) is 25.6 Å². The first kappa shape index (κ1) is 13.7. The molecule has 9 nitrogen and oxygen atoms in total. The first-order valence-electron chi connectivity index (χ1n) is 5.62. The number of hydrogen-bond donors (Lipinski definition) is 4. The van der Waals surface area contributed by atoms with Crippen LogP contribution in [0.2, 0.25) is 0 Å². The van der Waals surface area contributed by atoms with Crippen molar-refractivity contribution in [3.8, 4) is 0 Å². The summed E-state index contributed by atoms with van der Waals surface area (Å²) in [4.78, 5) is 22.3. The van der Waals surface area contributed by atoms with Gasteiger partial charge in [0.15, 0.2) is 11.1 Å². The standard InChI is InChI=1S/C11H12N4O5/c1-11(19,9(16)17)5-12-10(18)13-6-3-2-4-7-8(6)15-20-14-7/h2-4,19H,5H2,1H3,(H,16,17)(H2,12,13,18). The third-order valence-corrected chi connectivity index (χ3v) is 2.59. The molecular formula is C11H12N4O5. The summed E-state index contributed by atoms with van der Waals surface area (Å²) in [7, 11) is 0. The second kappa shape index (κ2) is 5.13. The molecule has 2 amide bonds. The van der Waals surface area contributed by atoms with Crippen LogP contribution in [0.15, 0.2) is 22.8 Å². The molecule has 1 atom stereocenters. The lowest BCUT2D eigenvalue weighted by Gasteiger charge is -2.18. The summed E-state index contributed by atoms with van der Waals surface area (Å²) >= 11 is 0. The first-order valence-corrected chi connectivity index (χ1v) is 5.62. The number of carboxylic acid groups (broad SMARTS) is 1. The number of carbonyl (C=O) groups is 2. The van der Waals surface area contributed by atoms with Crippen LogP contribution < -0.4 is 10.6 Å². The molecule has 1 aromatic carbocycles. The Morgan fingerprint density at radius 1 is 1.40 bits per heavy atom. The SMILES string of the molecule is CC(O)(CNC(=O)Nc1cccc2nonc12)C(=O)O. The number of rotatable bonds is 4. The molecule has 0 aliphatic carbocycles. The zero-order chi connectivity index (χ0) is 14.8. The number of benzene rings is 1. The number of nitrogens with zero attached hydrogens (tertiary/aromatic N) is 2. The highest BCUT2D eigenvalue weighted by molar-refractivity contribution is 5.98. The van der Waals surface area contributed by atoms with Gasteiger partial charge in [0.25, 0.3) is 0 Å². The van der Waals surface area contributed by atoms with Gasteiger partial charge in [-0.25, -0.2) is 14.2 Å². The predicted molar refractivity (Wildman–Crippen MR) is 67.1 cm³/mol. The molecule has 0 aliphatic rings. The molecule has 0 spiro atoms. The summed E-state index contributed by atoms with van der Waals surface area (Å²) in [5.74, 6) is -1.43. The fourth-order valence-corrected chi connectivity index (χ4v) is 1.40. The molecule has 0 fully saturated rings. The summed E-state index contributed by atoms with van der Waals surface area (Å²) in [6, 6.07) is 4.21. The van der Waals surface area contributed by atoms with E-state index in [0.717, 1.165) is 6.92 Å². The number of anilines is 1. The van der Waals surface area contributed by atoms with Gasteiger partial charge in [-0.05, 0) is 29.4 Å². The molecule has 0 bridgehead atoms. The molecule has 0 saturated carbocycles. The van der Waals surface area contributed by atoms with E-state index in [1.807, 2.05) is 0 Å². The highest BCUT2D eigenvalue weighted by Crippen LogP contribution is 2.19. The average Bonchev–Trinajstić information content (AvgIpc) is 2.86. The molecule has 1 unspecified atom stereocenters. The molecule has 2 aromatic rings. The van der Waals surface area contributed by atoms with E-state index in [4.69, 9.17) is 5.11 Å². The lowest BCUT2D eigenvalue weighted by molar-refractivity contribution is -0.155. The van der Waals surface area contributed by atoms with Gasteiger partial charge >= 0.3 is 12.0 Å². The molecule has 0 aliphatic heterocycles. The van der Waals surface area contributed by atoms with Crippen molar-refractivity contribution in [1.82, 2.24) is 15.6 Å². The lowest BCUT2D eigenvalue weighted by Crippen LogP contribution is -2.47. The topological polar surface area (TPSA) is 138 Å². The largest absolute Gasteiger partial charge is 0.479 e. The van der Waals surface area contributed by atoms with E-state index < -0.39 is 24.1 Å². The number of carboxylic acids is 1. The van der Waals surface area contributed by atoms with Crippen LogP contribution in [0.1, 0.15) is 6.92 Å². The van der Waals surface area contributed by atoms with E-state index in [1.54, 1.807) is 18.2 Å². The van der Waals surface area contributed by atoms with Crippen LogP contribution in [-0.4, -0.2) is 44.7 Å². The van der Waals surface area contributed by atoms with Gasteiger partial charge in [0.1, 0.15) is 5.52 Å². The molecule has 9 heteroatoms. The Balaban J connectivity index is 2.02. The number of aliphatic hydroxyl groups is 1. The van der Waals surface area contributed by atoms with Crippen LogP contribution in [0, 0.1) is 0 Å². The monoisotopic (exact) mass is 280 g/mol. The van der Waals surface area contributed by atoms with Gasteiger partial charge in [-0.15, -0.1) is 0 Å². The zero-order valence-corrected chi connectivity index (χ0v) is 10.5. The lowest BCUT2D eigenvalue weighted by atomic mass is 10.1. The van der Waals surface area contributed by atoms with Gasteiger partial charge in [-0.1, -0.05) is 6.07 Å². The van der Waals surface area contributed by atoms with Crippen LogP contribution in [0.3, 0.4) is 0 Å². The van der Waals surface area contributed by atoms with E-state index in [0.29, 0.717) is 16.7 Å². The molecule has 20 heavy (non-hydrogen) atoms. The summed E-state index contributed by atoms with van der Waals surface area (Å²) in [5.41, 5.74) is -0.845. The molecule has 0 saturated heterocycles. The van der Waals surface area contributed by atoms with Crippen molar-refractivity contribution in [2.24, 2.45) is 0 Å². The number of urea groups is 1. The second-order valence-corrected chi connectivity index (χ2v) is 4.32. The van der Waals surface area contributed by atoms with Gasteiger partial charge in [0.2, 0.25) is 0 Å². The van der Waals surface area contributed by atoms with Crippen molar-refractivity contribution in [2.45, 2.75) is 12.5 Å². The number of aromatic nitrogens is 2. The Morgan fingerprint density at radius 3 is 2.85 bits per heavy atom. The quantitative estimate of drug-likeness (QED) is 0.626. The van der Waals surface area contributed by atoms with Crippen molar-refractivity contribution >= 4 is 28.7 Å². The minimum Gasteiger partial charge on any atom is -0.479 e. The normalized spacial score (nSPS) is 13.7. The van der Waals surface area contributed by atoms with Gasteiger partial charge in [0.05, 0.1) is 12.2 Å². The Labute approximate surface area is 112 Å². The molecule has 4 N–H and O–H groups in total. The van der Waals surface area contributed by atoms with Crippen molar-refractivity contribution in [3.05, 3.63) is 18.2 Å². The fraction of sp³-hybridized carbons (Fsp3) is 0.273. The van der Waals surface area contributed by atoms with Crippen molar-refractivity contribution in [3.63, 3.8) is 0 Å². The minimum absolute atomic E-state index is 0.358. The first-order chi connectivity index (χ1) is 9.40. The third-order valence-electron chi connectivity index (χ3n) is 2.59. The van der Waals surface area contributed by atoms with E-state index in [9.17, 15) is 14.7 Å². The van der Waals surface area contributed by atoms with E-state index in [1.165, 1.54) is 0 Å². The molecule has 0 radical (unpaired) electrons. The maximum atomic E-state index is 11.6. The highest BCUT2D eigenvalue weighted by Gasteiger charge is 2.30. The number of nitrogens with one attached hydrogen (secondary N) is 2. The summed E-state index contributed by atoms with van der Waals surface area (Å²) < 4.78 is 4.54. The summed E-state index contributed by atoms with van der Waals surface area (Å²) in [6.07, 6.45) is 0. The Bertz CT molecular complexity index is 651. The second-order valence-electron chi connectivity index (χ2n) is 4.32. The Kier molecular flexibility index (Phi) is 3.53. The molecule has 1 heterocycles. The van der Waals surface area contributed by atoms with Crippen LogP contribution in [0.5, 0.6) is 0 Å². The minimum atomic E-state index is -2.04. The number of carbonyl (C=O) groups excluding carboxylic acids is 1. The number of aliphatic carboxylic acids is 1. The maximum Gasteiger partial charge on any atom is 0.337 e. The predicted octanol–water partition coefficient (Wildman–Crippen LogP) is 0.180. The smallest absolute Gasteiger partial charge is 0.337 e. The fourth-order valence-electron chi connectivity index (χ4n) is 1.40. The molecular weight excluding hydrogens is 268 g/mol. The van der Waals surface area contributed by atoms with Gasteiger partial charge in [-0.3, -0.25) is 0 Å². The van der Waals surface area contributed by atoms with E-state index >= 15 is 0 Å². The van der Waals surface area contributed by atoms with Gasteiger partial charge < -0.3 is 20.8 Å². The van der Waals surface area contributed by atoms with Crippen LogP contribution in [0.25, 0.3) is 11.0 Å². The van der Waals surface area contributed by atoms with E-state index in [-0.39, 0.29) is 0 Å². The number of fused-ring (bicyclic) bond motifs is 1. The van der Waals surface area contributed by atoms with Crippen molar-refractivity contribution in [2.75, 3.05) is 11.9 Å². The summed E-state index contributed by atoms with van der Waals surface area (Å²) in [6.45, 7) is 0.638. The third kappa shape index (κ3) is 2.83. The Morgan fingerprint density at radius 2 is 2.15 bits per heavy atom. The van der Waals surface area contributed by atoms with Gasteiger partial charge in [0, 0.05) is 0 Å². The van der Waals surface area contributed by atoms with Crippen LogP contribution >= 0.6 is 0 Å². The highest BCUT2D eigenvalue weighted by atomic mass is 16.6. The maximum absolute atomic E-state index is 11.6. The Hall–Kier alpha value is -2.68. The number of hydrogen-bond acceptors (Lipinski definition) is 6. The molecule has 106 valence electrons. The summed E-state index contributed by atoms with van der Waals surface area (Å²) in [5, 5.41) is 30.1.